The molecule has 0 unspecified atom stereocenters. The van der Waals surface area contributed by atoms with Gasteiger partial charge in [0.05, 0.1) is 5.54 Å². The number of rotatable bonds is 3. The van der Waals surface area contributed by atoms with Crippen LogP contribution >= 0.6 is 0 Å². The zero-order valence-electron chi connectivity index (χ0n) is 13.2. The first-order valence-electron chi connectivity index (χ1n) is 8.48. The van der Waals surface area contributed by atoms with Crippen LogP contribution in [0.2, 0.25) is 0 Å². The van der Waals surface area contributed by atoms with Gasteiger partial charge in [-0.25, -0.2) is 0 Å². The molecule has 0 bridgehead atoms. The van der Waals surface area contributed by atoms with Crippen molar-refractivity contribution in [2.75, 3.05) is 0 Å². The van der Waals surface area contributed by atoms with Crippen molar-refractivity contribution < 1.29 is 4.79 Å². The van der Waals surface area contributed by atoms with Crippen molar-refractivity contribution in [3.05, 3.63) is 83.0 Å². The Labute approximate surface area is 137 Å². The topological polar surface area (TPSA) is 29.1 Å². The Kier molecular flexibility index (Phi) is 3.53. The van der Waals surface area contributed by atoms with Gasteiger partial charge in [-0.05, 0) is 35.6 Å². The minimum atomic E-state index is -0.215. The Bertz CT molecular complexity index is 743. The van der Waals surface area contributed by atoms with E-state index in [1.807, 2.05) is 30.4 Å². The maximum Gasteiger partial charge on any atom is 0.252 e. The molecular formula is C21H21NO. The van der Waals surface area contributed by atoms with Crippen molar-refractivity contribution in [2.24, 2.45) is 0 Å². The summed E-state index contributed by atoms with van der Waals surface area (Å²) in [7, 11) is 0. The fraction of sp³-hybridized carbons (Fsp3) is 0.286. The zero-order valence-corrected chi connectivity index (χ0v) is 13.2. The SMILES string of the molecule is O=C(NC1(c2ccccc2)CCCCC1)C1=C2C=CC=C2C=C1. The number of carbonyl (C=O) groups excluding carboxylic acids is 1. The van der Waals surface area contributed by atoms with Gasteiger partial charge in [-0.15, -0.1) is 0 Å². The van der Waals surface area contributed by atoms with Crippen molar-refractivity contribution >= 4 is 5.91 Å². The highest BCUT2D eigenvalue weighted by atomic mass is 16.1. The van der Waals surface area contributed by atoms with Crippen molar-refractivity contribution in [2.45, 2.75) is 37.6 Å². The van der Waals surface area contributed by atoms with Crippen LogP contribution in [0.4, 0.5) is 0 Å². The first kappa shape index (κ1) is 14.3. The quantitative estimate of drug-likeness (QED) is 0.885. The molecule has 2 nitrogen and oxygen atoms in total. The lowest BCUT2D eigenvalue weighted by Crippen LogP contribution is -2.47. The van der Waals surface area contributed by atoms with Gasteiger partial charge in [0, 0.05) is 5.57 Å². The van der Waals surface area contributed by atoms with Crippen LogP contribution in [-0.4, -0.2) is 5.91 Å². The van der Waals surface area contributed by atoms with Gasteiger partial charge in [0.2, 0.25) is 0 Å². The third-order valence-corrected chi connectivity index (χ3v) is 5.20. The summed E-state index contributed by atoms with van der Waals surface area (Å²) in [5, 5.41) is 3.39. The largest absolute Gasteiger partial charge is 0.343 e. The Balaban J connectivity index is 1.65. The molecule has 1 saturated carbocycles. The van der Waals surface area contributed by atoms with Gasteiger partial charge in [0.25, 0.3) is 5.91 Å². The Morgan fingerprint density at radius 1 is 0.957 bits per heavy atom. The molecule has 116 valence electrons. The number of hydrogen-bond acceptors (Lipinski definition) is 1. The summed E-state index contributed by atoms with van der Waals surface area (Å²) >= 11 is 0. The van der Waals surface area contributed by atoms with Gasteiger partial charge in [-0.3, -0.25) is 4.79 Å². The highest BCUT2D eigenvalue weighted by Crippen LogP contribution is 2.38. The summed E-state index contributed by atoms with van der Waals surface area (Å²) < 4.78 is 0. The molecule has 3 aliphatic carbocycles. The number of benzene rings is 1. The van der Waals surface area contributed by atoms with E-state index in [0.29, 0.717) is 0 Å². The molecule has 0 saturated heterocycles. The Morgan fingerprint density at radius 3 is 2.52 bits per heavy atom. The predicted molar refractivity (Wildman–Crippen MR) is 92.7 cm³/mol. The lowest BCUT2D eigenvalue weighted by atomic mass is 9.76. The van der Waals surface area contributed by atoms with Gasteiger partial charge in [-0.2, -0.15) is 0 Å². The fourth-order valence-electron chi connectivity index (χ4n) is 3.97. The number of carbonyl (C=O) groups is 1. The third-order valence-electron chi connectivity index (χ3n) is 5.20. The molecule has 23 heavy (non-hydrogen) atoms. The summed E-state index contributed by atoms with van der Waals surface area (Å²) in [5.41, 5.74) is 4.02. The normalized spacial score (nSPS) is 21.3. The van der Waals surface area contributed by atoms with E-state index in [0.717, 1.165) is 29.6 Å². The molecule has 0 spiro atoms. The average Bonchev–Trinajstić information content (AvgIpc) is 3.19. The molecular weight excluding hydrogens is 282 g/mol. The van der Waals surface area contributed by atoms with E-state index in [1.54, 1.807) is 0 Å². The molecule has 3 aliphatic rings. The molecule has 0 heterocycles. The molecule has 1 fully saturated rings. The number of amides is 1. The van der Waals surface area contributed by atoms with Crippen molar-refractivity contribution in [1.29, 1.82) is 0 Å². The first-order valence-corrected chi connectivity index (χ1v) is 8.48. The second kappa shape index (κ2) is 5.69. The Hall–Kier alpha value is -2.35. The van der Waals surface area contributed by atoms with Crippen molar-refractivity contribution in [3.63, 3.8) is 0 Å². The number of hydrogen-bond donors (Lipinski definition) is 1. The molecule has 0 atom stereocenters. The van der Waals surface area contributed by atoms with Crippen LogP contribution in [0, 0.1) is 0 Å². The molecule has 0 radical (unpaired) electrons. The third kappa shape index (κ3) is 2.48. The molecule has 1 amide bonds. The number of allylic oxidation sites excluding steroid dienone is 6. The van der Waals surface area contributed by atoms with Gasteiger partial charge < -0.3 is 5.32 Å². The van der Waals surface area contributed by atoms with Crippen LogP contribution in [0.1, 0.15) is 37.7 Å². The smallest absolute Gasteiger partial charge is 0.252 e. The maximum atomic E-state index is 13.0. The summed E-state index contributed by atoms with van der Waals surface area (Å²) in [4.78, 5) is 13.0. The lowest BCUT2D eigenvalue weighted by molar-refractivity contribution is -0.119. The molecule has 1 aromatic rings. The van der Waals surface area contributed by atoms with E-state index in [-0.39, 0.29) is 11.4 Å². The average molecular weight is 303 g/mol. The van der Waals surface area contributed by atoms with E-state index in [2.05, 4.69) is 35.7 Å². The second-order valence-electron chi connectivity index (χ2n) is 6.60. The Morgan fingerprint density at radius 2 is 1.74 bits per heavy atom. The van der Waals surface area contributed by atoms with Crippen LogP contribution in [0.15, 0.2) is 77.4 Å². The fourth-order valence-corrected chi connectivity index (χ4v) is 3.97. The highest BCUT2D eigenvalue weighted by molar-refractivity contribution is 6.01. The summed E-state index contributed by atoms with van der Waals surface area (Å²) in [6.45, 7) is 0. The second-order valence-corrected chi connectivity index (χ2v) is 6.60. The van der Waals surface area contributed by atoms with Gasteiger partial charge in [-0.1, -0.05) is 73.9 Å². The minimum Gasteiger partial charge on any atom is -0.343 e. The minimum absolute atomic E-state index is 0.0527. The lowest BCUT2D eigenvalue weighted by Gasteiger charge is -2.39. The highest BCUT2D eigenvalue weighted by Gasteiger charge is 2.36. The van der Waals surface area contributed by atoms with E-state index >= 15 is 0 Å². The summed E-state index contributed by atoms with van der Waals surface area (Å²) in [6, 6.07) is 10.5. The molecule has 2 heteroatoms. The van der Waals surface area contributed by atoms with E-state index < -0.39 is 0 Å². The van der Waals surface area contributed by atoms with E-state index in [1.165, 1.54) is 24.8 Å². The standard InChI is InChI=1S/C21H21NO/c23-20(19-13-12-16-8-7-11-18(16)19)22-21(14-5-2-6-15-21)17-9-3-1-4-10-17/h1,3-4,7-13H,2,5-6,14-15H2,(H,22,23). The van der Waals surface area contributed by atoms with Crippen LogP contribution in [0.25, 0.3) is 0 Å². The summed E-state index contributed by atoms with van der Waals surface area (Å²) in [5.74, 6) is 0.0527. The van der Waals surface area contributed by atoms with Crippen LogP contribution in [0.5, 0.6) is 0 Å². The predicted octanol–water partition coefficient (Wildman–Crippen LogP) is 4.32. The molecule has 0 aromatic heterocycles. The van der Waals surface area contributed by atoms with E-state index in [4.69, 9.17) is 0 Å². The van der Waals surface area contributed by atoms with Crippen molar-refractivity contribution in [1.82, 2.24) is 5.32 Å². The van der Waals surface area contributed by atoms with Crippen LogP contribution in [0.3, 0.4) is 0 Å². The van der Waals surface area contributed by atoms with Crippen LogP contribution < -0.4 is 5.32 Å². The molecule has 1 aromatic carbocycles. The van der Waals surface area contributed by atoms with Gasteiger partial charge in [0.15, 0.2) is 0 Å². The molecule has 1 N–H and O–H groups in total. The van der Waals surface area contributed by atoms with Gasteiger partial charge >= 0.3 is 0 Å². The summed E-state index contributed by atoms with van der Waals surface area (Å²) in [6.07, 6.45) is 15.7. The van der Waals surface area contributed by atoms with Crippen LogP contribution in [-0.2, 0) is 10.3 Å². The van der Waals surface area contributed by atoms with Gasteiger partial charge in [0.1, 0.15) is 0 Å². The molecule has 0 aliphatic heterocycles. The molecule has 4 rings (SSSR count). The zero-order chi connectivity index (χ0) is 15.7. The number of fused-ring (bicyclic) bond motifs is 1. The van der Waals surface area contributed by atoms with Crippen molar-refractivity contribution in [3.8, 4) is 0 Å². The number of nitrogens with one attached hydrogen (secondary N) is 1. The maximum absolute atomic E-state index is 13.0. The first-order chi connectivity index (χ1) is 11.3. The monoisotopic (exact) mass is 303 g/mol. The van der Waals surface area contributed by atoms with E-state index in [9.17, 15) is 4.79 Å².